The number of hydrogen-bond acceptors (Lipinski definition) is 4. The summed E-state index contributed by atoms with van der Waals surface area (Å²) < 4.78 is 10.6. The fourth-order valence-electron chi connectivity index (χ4n) is 2.33. The molecule has 0 aliphatic carbocycles. The van der Waals surface area contributed by atoms with Crippen molar-refractivity contribution in [1.29, 1.82) is 0 Å². The molecule has 94 valence electrons. The van der Waals surface area contributed by atoms with Crippen molar-refractivity contribution in [3.63, 3.8) is 0 Å². The summed E-state index contributed by atoms with van der Waals surface area (Å²) in [4.78, 5) is 14.8. The van der Waals surface area contributed by atoms with Gasteiger partial charge in [0, 0.05) is 11.8 Å². The van der Waals surface area contributed by atoms with Crippen molar-refractivity contribution in [3.05, 3.63) is 30.2 Å². The van der Waals surface area contributed by atoms with Gasteiger partial charge in [-0.1, -0.05) is 6.07 Å². The number of carboxylic acids is 1. The van der Waals surface area contributed by atoms with Crippen LogP contribution in [0.3, 0.4) is 0 Å². The second-order valence-corrected chi connectivity index (χ2v) is 4.70. The number of aliphatic carboxylic acids is 1. The SMILES string of the molecule is O=C(O)CCC1(c2ccc3ncoc3c2)COC1. The highest BCUT2D eigenvalue weighted by atomic mass is 16.5. The van der Waals surface area contributed by atoms with Crippen LogP contribution in [0.25, 0.3) is 11.1 Å². The molecule has 0 saturated carbocycles. The summed E-state index contributed by atoms with van der Waals surface area (Å²) >= 11 is 0. The molecule has 1 fully saturated rings. The van der Waals surface area contributed by atoms with E-state index < -0.39 is 5.97 Å². The summed E-state index contributed by atoms with van der Waals surface area (Å²) in [5.74, 6) is -0.776. The van der Waals surface area contributed by atoms with E-state index in [4.69, 9.17) is 14.3 Å². The van der Waals surface area contributed by atoms with Crippen molar-refractivity contribution >= 4 is 17.1 Å². The average molecular weight is 247 g/mol. The molecule has 5 heteroatoms. The number of ether oxygens (including phenoxy) is 1. The number of carboxylic acid groups (broad SMARTS) is 1. The summed E-state index contributed by atoms with van der Waals surface area (Å²) in [5, 5.41) is 8.81. The largest absolute Gasteiger partial charge is 0.481 e. The standard InChI is InChI=1S/C13H13NO4/c15-12(16)3-4-13(6-17-7-13)9-1-2-10-11(5-9)18-8-14-10/h1-2,5,8H,3-4,6-7H2,(H,15,16). The van der Waals surface area contributed by atoms with Crippen LogP contribution in [0, 0.1) is 0 Å². The van der Waals surface area contributed by atoms with Gasteiger partial charge in [0.2, 0.25) is 0 Å². The molecular weight excluding hydrogens is 234 g/mol. The van der Waals surface area contributed by atoms with Crippen LogP contribution in [0.1, 0.15) is 18.4 Å². The first-order chi connectivity index (χ1) is 8.70. The molecule has 3 rings (SSSR count). The molecule has 0 radical (unpaired) electrons. The molecule has 1 aromatic carbocycles. The Hall–Kier alpha value is -1.88. The number of rotatable bonds is 4. The number of aromatic nitrogens is 1. The van der Waals surface area contributed by atoms with Gasteiger partial charge in [0.1, 0.15) is 5.52 Å². The van der Waals surface area contributed by atoms with E-state index in [0.717, 1.165) is 16.7 Å². The smallest absolute Gasteiger partial charge is 0.303 e. The van der Waals surface area contributed by atoms with Crippen LogP contribution in [0.15, 0.2) is 29.0 Å². The lowest BCUT2D eigenvalue weighted by Gasteiger charge is -2.41. The first kappa shape index (κ1) is 11.2. The van der Waals surface area contributed by atoms with Crippen molar-refractivity contribution in [3.8, 4) is 0 Å². The van der Waals surface area contributed by atoms with Gasteiger partial charge in [0.15, 0.2) is 12.0 Å². The predicted octanol–water partition coefficient (Wildman–Crippen LogP) is 1.96. The lowest BCUT2D eigenvalue weighted by atomic mass is 9.75. The Balaban J connectivity index is 1.92. The summed E-state index contributed by atoms with van der Waals surface area (Å²) in [7, 11) is 0. The van der Waals surface area contributed by atoms with Crippen molar-refractivity contribution in [2.45, 2.75) is 18.3 Å². The molecule has 2 aromatic rings. The summed E-state index contributed by atoms with van der Waals surface area (Å²) in [6, 6.07) is 5.82. The van der Waals surface area contributed by atoms with Crippen LogP contribution in [0.4, 0.5) is 0 Å². The zero-order chi connectivity index (χ0) is 12.6. The van der Waals surface area contributed by atoms with E-state index in [-0.39, 0.29) is 11.8 Å². The molecule has 0 amide bonds. The number of fused-ring (bicyclic) bond motifs is 1. The van der Waals surface area contributed by atoms with Gasteiger partial charge in [-0.3, -0.25) is 4.79 Å². The minimum Gasteiger partial charge on any atom is -0.481 e. The summed E-state index contributed by atoms with van der Waals surface area (Å²) in [5.41, 5.74) is 2.43. The Kier molecular flexibility index (Phi) is 2.56. The molecule has 1 saturated heterocycles. The maximum Gasteiger partial charge on any atom is 0.303 e. The molecule has 1 aliphatic rings. The minimum absolute atomic E-state index is 0.151. The number of oxazole rings is 1. The fourth-order valence-corrected chi connectivity index (χ4v) is 2.33. The van der Waals surface area contributed by atoms with E-state index in [9.17, 15) is 4.79 Å². The first-order valence-corrected chi connectivity index (χ1v) is 5.83. The normalized spacial score (nSPS) is 17.6. The van der Waals surface area contributed by atoms with E-state index >= 15 is 0 Å². The molecule has 0 spiro atoms. The number of benzene rings is 1. The van der Waals surface area contributed by atoms with Gasteiger partial charge in [-0.25, -0.2) is 4.98 Å². The third kappa shape index (κ3) is 1.76. The second-order valence-electron chi connectivity index (χ2n) is 4.70. The molecule has 0 atom stereocenters. The second kappa shape index (κ2) is 4.10. The number of hydrogen-bond donors (Lipinski definition) is 1. The Labute approximate surface area is 103 Å². The monoisotopic (exact) mass is 247 g/mol. The zero-order valence-corrected chi connectivity index (χ0v) is 9.76. The van der Waals surface area contributed by atoms with Crippen LogP contribution in [-0.2, 0) is 14.9 Å². The fraction of sp³-hybridized carbons (Fsp3) is 0.385. The maximum absolute atomic E-state index is 10.7. The molecule has 5 nitrogen and oxygen atoms in total. The van der Waals surface area contributed by atoms with Gasteiger partial charge in [0.25, 0.3) is 0 Å². The third-order valence-electron chi connectivity index (χ3n) is 3.52. The highest BCUT2D eigenvalue weighted by Gasteiger charge is 2.40. The van der Waals surface area contributed by atoms with Crippen LogP contribution in [0.5, 0.6) is 0 Å². The van der Waals surface area contributed by atoms with Crippen LogP contribution in [0.2, 0.25) is 0 Å². The van der Waals surface area contributed by atoms with Gasteiger partial charge in [0.05, 0.1) is 13.2 Å². The van der Waals surface area contributed by atoms with Gasteiger partial charge < -0.3 is 14.3 Å². The summed E-state index contributed by atoms with van der Waals surface area (Å²) in [6.45, 7) is 1.14. The highest BCUT2D eigenvalue weighted by Crippen LogP contribution is 2.37. The van der Waals surface area contributed by atoms with E-state index in [0.29, 0.717) is 19.6 Å². The third-order valence-corrected chi connectivity index (χ3v) is 3.52. The Morgan fingerprint density at radius 3 is 2.94 bits per heavy atom. The molecule has 0 unspecified atom stereocenters. The Morgan fingerprint density at radius 2 is 2.28 bits per heavy atom. The average Bonchev–Trinajstić information content (AvgIpc) is 2.74. The van der Waals surface area contributed by atoms with Crippen molar-refractivity contribution < 1.29 is 19.1 Å². The molecule has 18 heavy (non-hydrogen) atoms. The molecule has 1 aliphatic heterocycles. The van der Waals surface area contributed by atoms with Crippen LogP contribution < -0.4 is 0 Å². The van der Waals surface area contributed by atoms with Crippen molar-refractivity contribution in [1.82, 2.24) is 4.98 Å². The van der Waals surface area contributed by atoms with Gasteiger partial charge >= 0.3 is 5.97 Å². The van der Waals surface area contributed by atoms with E-state index in [1.165, 1.54) is 6.39 Å². The van der Waals surface area contributed by atoms with Crippen molar-refractivity contribution in [2.75, 3.05) is 13.2 Å². The van der Waals surface area contributed by atoms with Gasteiger partial charge in [-0.05, 0) is 24.1 Å². The van der Waals surface area contributed by atoms with Crippen LogP contribution in [-0.4, -0.2) is 29.3 Å². The summed E-state index contributed by atoms with van der Waals surface area (Å²) in [6.07, 6.45) is 2.15. The number of carbonyl (C=O) groups is 1. The minimum atomic E-state index is -0.776. The van der Waals surface area contributed by atoms with Gasteiger partial charge in [-0.15, -0.1) is 0 Å². The Bertz CT molecular complexity index is 585. The predicted molar refractivity (Wildman–Crippen MR) is 63.4 cm³/mol. The highest BCUT2D eigenvalue weighted by molar-refractivity contribution is 5.73. The topological polar surface area (TPSA) is 72.6 Å². The maximum atomic E-state index is 10.7. The first-order valence-electron chi connectivity index (χ1n) is 5.83. The van der Waals surface area contributed by atoms with Gasteiger partial charge in [-0.2, -0.15) is 0 Å². The molecule has 1 aromatic heterocycles. The van der Waals surface area contributed by atoms with Crippen molar-refractivity contribution in [2.24, 2.45) is 0 Å². The number of nitrogens with zero attached hydrogens (tertiary/aromatic N) is 1. The zero-order valence-electron chi connectivity index (χ0n) is 9.76. The molecule has 2 heterocycles. The molecule has 1 N–H and O–H groups in total. The quantitative estimate of drug-likeness (QED) is 0.894. The van der Waals surface area contributed by atoms with E-state index in [1.807, 2.05) is 18.2 Å². The lowest BCUT2D eigenvalue weighted by molar-refractivity contribution is -0.139. The van der Waals surface area contributed by atoms with Crippen LogP contribution >= 0.6 is 0 Å². The lowest BCUT2D eigenvalue weighted by Crippen LogP contribution is -2.47. The Morgan fingerprint density at radius 1 is 1.44 bits per heavy atom. The molecular formula is C13H13NO4. The molecule has 0 bridgehead atoms. The van der Waals surface area contributed by atoms with E-state index in [2.05, 4.69) is 4.98 Å². The van der Waals surface area contributed by atoms with E-state index in [1.54, 1.807) is 0 Å².